The lowest BCUT2D eigenvalue weighted by Crippen LogP contribution is -2.36. The van der Waals surface area contributed by atoms with Crippen LogP contribution >= 0.6 is 0 Å². The second-order valence-corrected chi connectivity index (χ2v) is 4.94. The van der Waals surface area contributed by atoms with Gasteiger partial charge in [0.15, 0.2) is 0 Å². The molecule has 1 aromatic rings. The van der Waals surface area contributed by atoms with Gasteiger partial charge in [-0.3, -0.25) is 9.59 Å². The van der Waals surface area contributed by atoms with E-state index in [2.05, 4.69) is 5.32 Å². The molecule has 9 heteroatoms. The fraction of sp³-hybridized carbons (Fsp3) is 0.385. The van der Waals surface area contributed by atoms with Crippen molar-refractivity contribution in [1.29, 1.82) is 0 Å². The molecule has 0 aliphatic carbocycles. The van der Waals surface area contributed by atoms with Crippen LogP contribution in [0.4, 0.5) is 27.6 Å². The minimum atomic E-state index is -4.55. The van der Waals surface area contributed by atoms with Crippen LogP contribution in [0.3, 0.4) is 0 Å². The van der Waals surface area contributed by atoms with E-state index in [0.29, 0.717) is 11.0 Å². The van der Waals surface area contributed by atoms with Crippen LogP contribution in [0, 0.1) is 17.6 Å². The molecule has 2 amide bonds. The second kappa shape index (κ2) is 5.90. The Morgan fingerprint density at radius 2 is 1.82 bits per heavy atom. The molecular formula is C13H11F5N2O2. The van der Waals surface area contributed by atoms with Crippen LogP contribution in [0.1, 0.15) is 6.42 Å². The molecule has 0 saturated carbocycles. The van der Waals surface area contributed by atoms with E-state index >= 15 is 0 Å². The summed E-state index contributed by atoms with van der Waals surface area (Å²) in [6.45, 7) is -1.81. The molecule has 0 spiro atoms. The van der Waals surface area contributed by atoms with Gasteiger partial charge in [-0.2, -0.15) is 13.2 Å². The van der Waals surface area contributed by atoms with E-state index in [4.69, 9.17) is 0 Å². The van der Waals surface area contributed by atoms with Gasteiger partial charge in [0.2, 0.25) is 11.8 Å². The number of carbonyl (C=O) groups excluding carboxylic acids is 2. The molecule has 1 fully saturated rings. The highest BCUT2D eigenvalue weighted by Gasteiger charge is 2.40. The summed E-state index contributed by atoms with van der Waals surface area (Å²) in [6.07, 6.45) is -4.92. The van der Waals surface area contributed by atoms with Crippen LogP contribution < -0.4 is 5.32 Å². The largest absolute Gasteiger partial charge is 0.406 e. The zero-order valence-corrected chi connectivity index (χ0v) is 11.1. The molecule has 1 heterocycles. The van der Waals surface area contributed by atoms with E-state index in [9.17, 15) is 31.5 Å². The highest BCUT2D eigenvalue weighted by molar-refractivity contribution is 5.97. The van der Waals surface area contributed by atoms with Gasteiger partial charge in [-0.15, -0.1) is 0 Å². The Labute approximate surface area is 121 Å². The fourth-order valence-corrected chi connectivity index (χ4v) is 2.19. The summed E-state index contributed by atoms with van der Waals surface area (Å²) in [5.41, 5.74) is -0.163. The number of amides is 2. The molecule has 0 bridgehead atoms. The maximum absolute atomic E-state index is 13.0. The van der Waals surface area contributed by atoms with Gasteiger partial charge < -0.3 is 10.2 Å². The van der Waals surface area contributed by atoms with E-state index in [-0.39, 0.29) is 18.7 Å². The molecule has 1 aliphatic heterocycles. The van der Waals surface area contributed by atoms with Crippen LogP contribution in [-0.2, 0) is 9.59 Å². The van der Waals surface area contributed by atoms with Crippen molar-refractivity contribution in [2.45, 2.75) is 12.6 Å². The highest BCUT2D eigenvalue weighted by Crippen LogP contribution is 2.25. The van der Waals surface area contributed by atoms with Crippen LogP contribution in [0.5, 0.6) is 0 Å². The van der Waals surface area contributed by atoms with Gasteiger partial charge in [-0.1, -0.05) is 0 Å². The molecule has 1 N–H and O–H groups in total. The number of likely N-dealkylation sites (tertiary alicyclic amines) is 1. The number of halogens is 5. The van der Waals surface area contributed by atoms with Crippen molar-refractivity contribution < 1.29 is 31.5 Å². The summed E-state index contributed by atoms with van der Waals surface area (Å²) in [7, 11) is 0. The third kappa shape index (κ3) is 4.15. The Kier molecular flexibility index (Phi) is 4.34. The lowest BCUT2D eigenvalue weighted by Gasteiger charge is -2.18. The van der Waals surface area contributed by atoms with Crippen molar-refractivity contribution >= 4 is 17.5 Å². The number of nitrogens with zero attached hydrogens (tertiary/aromatic N) is 1. The van der Waals surface area contributed by atoms with E-state index < -0.39 is 42.1 Å². The first kappa shape index (κ1) is 16.2. The van der Waals surface area contributed by atoms with Crippen molar-refractivity contribution in [3.05, 3.63) is 29.8 Å². The van der Waals surface area contributed by atoms with E-state index in [0.717, 1.165) is 12.1 Å². The van der Waals surface area contributed by atoms with Crippen LogP contribution in [-0.4, -0.2) is 36.0 Å². The van der Waals surface area contributed by atoms with Crippen LogP contribution in [0.25, 0.3) is 0 Å². The van der Waals surface area contributed by atoms with E-state index in [1.165, 1.54) is 0 Å². The van der Waals surface area contributed by atoms with Crippen LogP contribution in [0.2, 0.25) is 0 Å². The first-order chi connectivity index (χ1) is 10.1. The summed E-state index contributed by atoms with van der Waals surface area (Å²) in [5.74, 6) is -4.36. The van der Waals surface area contributed by atoms with Crippen molar-refractivity contribution in [2.75, 3.05) is 18.4 Å². The Balaban J connectivity index is 2.00. The highest BCUT2D eigenvalue weighted by atomic mass is 19.4. The number of carbonyl (C=O) groups is 2. The molecule has 0 aromatic heterocycles. The van der Waals surface area contributed by atoms with Gasteiger partial charge in [0.1, 0.15) is 18.2 Å². The monoisotopic (exact) mass is 322 g/mol. The lowest BCUT2D eigenvalue weighted by molar-refractivity contribution is -0.157. The number of anilines is 1. The summed E-state index contributed by atoms with van der Waals surface area (Å²) in [5, 5.41) is 2.19. The molecule has 120 valence electrons. The predicted molar refractivity (Wildman–Crippen MR) is 65.7 cm³/mol. The molecule has 1 atom stereocenters. The Morgan fingerprint density at radius 1 is 1.23 bits per heavy atom. The summed E-state index contributed by atoms with van der Waals surface area (Å²) < 4.78 is 62.8. The second-order valence-electron chi connectivity index (χ2n) is 4.94. The molecule has 1 saturated heterocycles. The minimum absolute atomic E-state index is 0.163. The number of hydrogen-bond acceptors (Lipinski definition) is 2. The molecular weight excluding hydrogens is 311 g/mol. The topological polar surface area (TPSA) is 49.4 Å². The molecule has 1 aliphatic rings. The summed E-state index contributed by atoms with van der Waals surface area (Å²) in [4.78, 5) is 23.9. The zero-order chi connectivity index (χ0) is 16.5. The molecule has 4 nitrogen and oxygen atoms in total. The normalized spacial score (nSPS) is 18.7. The average molecular weight is 322 g/mol. The standard InChI is InChI=1S/C13H11F5N2O2/c14-8-2-9(15)4-10(3-8)19-12(22)7-1-11(21)20(5-7)6-13(16,17)18/h2-4,7H,1,5-6H2,(H,19,22). The van der Waals surface area contributed by atoms with Gasteiger partial charge in [0.05, 0.1) is 5.92 Å². The maximum atomic E-state index is 13.0. The molecule has 0 radical (unpaired) electrons. The zero-order valence-electron chi connectivity index (χ0n) is 11.1. The number of hydrogen-bond donors (Lipinski definition) is 1. The Hall–Kier alpha value is -2.19. The van der Waals surface area contributed by atoms with Crippen LogP contribution in [0.15, 0.2) is 18.2 Å². The minimum Gasteiger partial charge on any atom is -0.333 e. The smallest absolute Gasteiger partial charge is 0.333 e. The average Bonchev–Trinajstić information content (AvgIpc) is 2.67. The SMILES string of the molecule is O=C(Nc1cc(F)cc(F)c1)C1CC(=O)N(CC(F)(F)F)C1. The van der Waals surface area contributed by atoms with Gasteiger partial charge in [-0.25, -0.2) is 8.78 Å². The van der Waals surface area contributed by atoms with Crippen molar-refractivity contribution in [2.24, 2.45) is 5.92 Å². The summed E-state index contributed by atoms with van der Waals surface area (Å²) in [6, 6.07) is 2.34. The lowest BCUT2D eigenvalue weighted by atomic mass is 10.1. The quantitative estimate of drug-likeness (QED) is 0.868. The molecule has 2 rings (SSSR count). The van der Waals surface area contributed by atoms with Gasteiger partial charge in [0, 0.05) is 24.7 Å². The number of nitrogens with one attached hydrogen (secondary N) is 1. The first-order valence-electron chi connectivity index (χ1n) is 6.25. The van der Waals surface area contributed by atoms with Crippen molar-refractivity contribution in [3.8, 4) is 0 Å². The number of benzene rings is 1. The molecule has 22 heavy (non-hydrogen) atoms. The maximum Gasteiger partial charge on any atom is 0.406 e. The van der Waals surface area contributed by atoms with Gasteiger partial charge in [-0.05, 0) is 12.1 Å². The van der Waals surface area contributed by atoms with Gasteiger partial charge >= 0.3 is 6.18 Å². The molecule has 1 unspecified atom stereocenters. The third-order valence-corrected chi connectivity index (χ3v) is 3.09. The van der Waals surface area contributed by atoms with Crippen molar-refractivity contribution in [3.63, 3.8) is 0 Å². The summed E-state index contributed by atoms with van der Waals surface area (Å²) >= 11 is 0. The van der Waals surface area contributed by atoms with Crippen molar-refractivity contribution in [1.82, 2.24) is 4.90 Å². The third-order valence-electron chi connectivity index (χ3n) is 3.09. The number of rotatable bonds is 3. The number of alkyl halides is 3. The Bertz CT molecular complexity index is 582. The van der Waals surface area contributed by atoms with Gasteiger partial charge in [0.25, 0.3) is 0 Å². The first-order valence-corrected chi connectivity index (χ1v) is 6.25. The fourth-order valence-electron chi connectivity index (χ4n) is 2.19. The van der Waals surface area contributed by atoms with E-state index in [1.807, 2.05) is 0 Å². The predicted octanol–water partition coefficient (Wildman–Crippen LogP) is 2.31. The van der Waals surface area contributed by atoms with E-state index in [1.54, 1.807) is 0 Å². The molecule has 1 aromatic carbocycles. The Morgan fingerprint density at radius 3 is 2.36 bits per heavy atom.